The van der Waals surface area contributed by atoms with E-state index in [1.165, 1.54) is 12.1 Å². The van der Waals surface area contributed by atoms with Gasteiger partial charge in [0, 0.05) is 12.0 Å². The van der Waals surface area contributed by atoms with Gasteiger partial charge in [-0.2, -0.15) is 4.98 Å². The number of hydrogen-bond acceptors (Lipinski definition) is 4. The third-order valence-electron chi connectivity index (χ3n) is 3.47. The maximum absolute atomic E-state index is 13.1. The molecule has 0 unspecified atom stereocenters. The van der Waals surface area contributed by atoms with Gasteiger partial charge in [0.05, 0.1) is 0 Å². The first-order chi connectivity index (χ1) is 9.31. The molecule has 2 aromatic rings. The van der Waals surface area contributed by atoms with Crippen LogP contribution in [0.4, 0.5) is 4.39 Å². The fourth-order valence-electron chi connectivity index (χ4n) is 2.42. The fourth-order valence-corrected chi connectivity index (χ4v) is 2.42. The van der Waals surface area contributed by atoms with Crippen LogP contribution in [0.25, 0.3) is 11.4 Å². The minimum absolute atomic E-state index is 0. The van der Waals surface area contributed by atoms with Gasteiger partial charge in [-0.15, -0.1) is 12.4 Å². The summed E-state index contributed by atoms with van der Waals surface area (Å²) in [5.41, 5.74) is 0.653. The lowest BCUT2D eigenvalue weighted by Gasteiger charge is -2.20. The summed E-state index contributed by atoms with van der Waals surface area (Å²) in [7, 11) is 0. The van der Waals surface area contributed by atoms with Gasteiger partial charge in [-0.1, -0.05) is 17.3 Å². The maximum Gasteiger partial charge on any atom is 0.227 e. The molecule has 108 valence electrons. The van der Waals surface area contributed by atoms with E-state index in [2.05, 4.69) is 15.5 Å². The Kier molecular flexibility index (Phi) is 5.09. The predicted octanol–water partition coefficient (Wildman–Crippen LogP) is 2.84. The van der Waals surface area contributed by atoms with E-state index in [9.17, 15) is 4.39 Å². The van der Waals surface area contributed by atoms with E-state index < -0.39 is 0 Å². The number of nitrogens with one attached hydrogen (secondary N) is 1. The molecule has 1 aromatic carbocycles. The first-order valence-corrected chi connectivity index (χ1v) is 6.60. The summed E-state index contributed by atoms with van der Waals surface area (Å²) in [6, 6.07) is 6.24. The Morgan fingerprint density at radius 1 is 1.30 bits per heavy atom. The van der Waals surface area contributed by atoms with Crippen LogP contribution in [0.3, 0.4) is 0 Å². The molecule has 0 amide bonds. The average Bonchev–Trinajstić information content (AvgIpc) is 2.88. The lowest BCUT2D eigenvalue weighted by molar-refractivity contribution is 0.313. The Hall–Kier alpha value is -1.46. The highest BCUT2D eigenvalue weighted by molar-refractivity contribution is 5.85. The van der Waals surface area contributed by atoms with Gasteiger partial charge in [0.15, 0.2) is 0 Å². The molecule has 1 aliphatic heterocycles. The van der Waals surface area contributed by atoms with Gasteiger partial charge in [-0.25, -0.2) is 4.39 Å². The molecule has 0 radical (unpaired) electrons. The van der Waals surface area contributed by atoms with Crippen LogP contribution in [0.15, 0.2) is 28.8 Å². The molecule has 6 heteroatoms. The average molecular weight is 298 g/mol. The van der Waals surface area contributed by atoms with Crippen molar-refractivity contribution in [2.45, 2.75) is 19.3 Å². The quantitative estimate of drug-likeness (QED) is 0.946. The summed E-state index contributed by atoms with van der Waals surface area (Å²) >= 11 is 0. The van der Waals surface area contributed by atoms with E-state index in [0.29, 0.717) is 23.2 Å². The number of benzene rings is 1. The molecule has 0 spiro atoms. The smallest absolute Gasteiger partial charge is 0.227 e. The summed E-state index contributed by atoms with van der Waals surface area (Å²) < 4.78 is 18.4. The molecular formula is C14H17ClFN3O. The highest BCUT2D eigenvalue weighted by Gasteiger charge is 2.17. The largest absolute Gasteiger partial charge is 0.339 e. The third kappa shape index (κ3) is 3.55. The second kappa shape index (κ2) is 6.81. The minimum atomic E-state index is -0.290. The Morgan fingerprint density at radius 3 is 2.85 bits per heavy atom. The maximum atomic E-state index is 13.1. The standard InChI is InChI=1S/C14H16FN3O.ClH/c15-12-3-1-2-11(9-12)14-17-13(19-18-14)8-10-4-6-16-7-5-10;/h1-3,9-10,16H,4-8H2;1H. The van der Waals surface area contributed by atoms with E-state index in [1.54, 1.807) is 12.1 Å². The van der Waals surface area contributed by atoms with Gasteiger partial charge < -0.3 is 9.84 Å². The number of hydrogen-bond donors (Lipinski definition) is 1. The summed E-state index contributed by atoms with van der Waals surface area (Å²) in [6.07, 6.45) is 3.08. The molecule has 0 saturated carbocycles. The Balaban J connectivity index is 0.00000147. The molecule has 1 fully saturated rings. The van der Waals surface area contributed by atoms with Crippen LogP contribution in [0, 0.1) is 11.7 Å². The molecule has 0 atom stereocenters. The van der Waals surface area contributed by atoms with Crippen LogP contribution < -0.4 is 5.32 Å². The molecule has 0 aliphatic carbocycles. The van der Waals surface area contributed by atoms with E-state index >= 15 is 0 Å². The van der Waals surface area contributed by atoms with Crippen molar-refractivity contribution in [3.63, 3.8) is 0 Å². The van der Waals surface area contributed by atoms with Crippen molar-refractivity contribution in [1.82, 2.24) is 15.5 Å². The number of rotatable bonds is 3. The van der Waals surface area contributed by atoms with E-state index in [0.717, 1.165) is 32.4 Å². The first kappa shape index (κ1) is 14.9. The summed E-state index contributed by atoms with van der Waals surface area (Å²) in [5.74, 6) is 1.42. The molecule has 0 bridgehead atoms. The molecule has 1 saturated heterocycles. The monoisotopic (exact) mass is 297 g/mol. The van der Waals surface area contributed by atoms with Gasteiger partial charge in [0.1, 0.15) is 5.82 Å². The van der Waals surface area contributed by atoms with Gasteiger partial charge >= 0.3 is 0 Å². The van der Waals surface area contributed by atoms with Crippen molar-refractivity contribution in [3.05, 3.63) is 36.0 Å². The molecule has 20 heavy (non-hydrogen) atoms. The van der Waals surface area contributed by atoms with Crippen molar-refractivity contribution >= 4 is 12.4 Å². The van der Waals surface area contributed by atoms with Crippen LogP contribution in [0.2, 0.25) is 0 Å². The summed E-state index contributed by atoms with van der Waals surface area (Å²) in [4.78, 5) is 4.35. The summed E-state index contributed by atoms with van der Waals surface area (Å²) in [6.45, 7) is 2.10. The van der Waals surface area contributed by atoms with Crippen molar-refractivity contribution in [3.8, 4) is 11.4 Å². The zero-order valence-corrected chi connectivity index (χ0v) is 11.8. The van der Waals surface area contributed by atoms with Crippen LogP contribution in [0.5, 0.6) is 0 Å². The van der Waals surface area contributed by atoms with Crippen molar-refractivity contribution in [2.24, 2.45) is 5.92 Å². The van der Waals surface area contributed by atoms with Crippen LogP contribution in [-0.4, -0.2) is 23.2 Å². The molecule has 4 nitrogen and oxygen atoms in total. The third-order valence-corrected chi connectivity index (χ3v) is 3.47. The van der Waals surface area contributed by atoms with Gasteiger partial charge in [0.2, 0.25) is 11.7 Å². The van der Waals surface area contributed by atoms with Crippen LogP contribution >= 0.6 is 12.4 Å². The highest BCUT2D eigenvalue weighted by Crippen LogP contribution is 2.20. The zero-order chi connectivity index (χ0) is 13.1. The zero-order valence-electron chi connectivity index (χ0n) is 11.0. The first-order valence-electron chi connectivity index (χ1n) is 6.60. The van der Waals surface area contributed by atoms with E-state index in [-0.39, 0.29) is 18.2 Å². The summed E-state index contributed by atoms with van der Waals surface area (Å²) in [5, 5.41) is 7.25. The van der Waals surface area contributed by atoms with E-state index in [1.807, 2.05) is 0 Å². The molecule has 3 rings (SSSR count). The van der Waals surface area contributed by atoms with Crippen LogP contribution in [-0.2, 0) is 6.42 Å². The predicted molar refractivity (Wildman–Crippen MR) is 76.2 cm³/mol. The topological polar surface area (TPSA) is 51.0 Å². The number of aromatic nitrogens is 2. The molecule has 1 aromatic heterocycles. The second-order valence-corrected chi connectivity index (χ2v) is 4.92. The number of halogens is 2. The van der Waals surface area contributed by atoms with Crippen molar-refractivity contribution in [2.75, 3.05) is 13.1 Å². The van der Waals surface area contributed by atoms with Gasteiger partial charge in [-0.3, -0.25) is 0 Å². The Labute approximate surface area is 123 Å². The van der Waals surface area contributed by atoms with Gasteiger partial charge in [-0.05, 0) is 44.0 Å². The SMILES string of the molecule is Cl.Fc1cccc(-c2noc(CC3CCNCC3)n2)c1. The molecule has 2 heterocycles. The van der Waals surface area contributed by atoms with Crippen molar-refractivity contribution in [1.29, 1.82) is 0 Å². The van der Waals surface area contributed by atoms with Crippen LogP contribution in [0.1, 0.15) is 18.7 Å². The lowest BCUT2D eigenvalue weighted by Crippen LogP contribution is -2.28. The van der Waals surface area contributed by atoms with E-state index in [4.69, 9.17) is 4.52 Å². The Morgan fingerprint density at radius 2 is 2.10 bits per heavy atom. The minimum Gasteiger partial charge on any atom is -0.339 e. The number of nitrogens with zero attached hydrogens (tertiary/aromatic N) is 2. The van der Waals surface area contributed by atoms with Crippen molar-refractivity contribution < 1.29 is 8.91 Å². The lowest BCUT2D eigenvalue weighted by atomic mass is 9.95. The molecule has 1 aliphatic rings. The molecule has 1 N–H and O–H groups in total. The second-order valence-electron chi connectivity index (χ2n) is 4.92. The number of piperidine rings is 1. The normalized spacial score (nSPS) is 15.8. The highest BCUT2D eigenvalue weighted by atomic mass is 35.5. The molecular weight excluding hydrogens is 281 g/mol. The van der Waals surface area contributed by atoms with Gasteiger partial charge in [0.25, 0.3) is 0 Å². The fraction of sp³-hybridized carbons (Fsp3) is 0.429. The Bertz CT molecular complexity index is 555.